The Kier molecular flexibility index (Phi) is 3.87. The van der Waals surface area contributed by atoms with E-state index in [-0.39, 0.29) is 27.1 Å². The maximum atomic E-state index is 13.3. The number of hydrogen-bond donors (Lipinski definition) is 2. The highest BCUT2D eigenvalue weighted by Crippen LogP contribution is 2.28. The molecule has 2 rings (SSSR count). The first-order valence-electron chi connectivity index (χ1n) is 5.56. The normalized spacial score (nSPS) is 10.7. The third-order valence-corrected chi connectivity index (χ3v) is 3.28. The Morgan fingerprint density at radius 2 is 1.95 bits per heavy atom. The van der Waals surface area contributed by atoms with Crippen LogP contribution in [0, 0.1) is 12.7 Å². The molecule has 1 heterocycles. The fourth-order valence-electron chi connectivity index (χ4n) is 1.76. The average Bonchev–Trinajstić information content (AvgIpc) is 2.60. The monoisotopic (exact) mass is 316 g/mol. The van der Waals surface area contributed by atoms with Gasteiger partial charge in [-0.05, 0) is 19.1 Å². The van der Waals surface area contributed by atoms with Crippen molar-refractivity contribution >= 4 is 40.5 Å². The van der Waals surface area contributed by atoms with E-state index in [9.17, 15) is 9.18 Å². The molecule has 5 nitrogen and oxygen atoms in total. The zero-order valence-corrected chi connectivity index (χ0v) is 12.2. The molecule has 0 unspecified atom stereocenters. The molecule has 0 bridgehead atoms. The third-order valence-electron chi connectivity index (χ3n) is 2.73. The molecule has 1 aromatic heterocycles. The lowest BCUT2D eigenvalue weighted by Crippen LogP contribution is -2.17. The largest absolute Gasteiger partial charge is 0.395 e. The van der Waals surface area contributed by atoms with Crippen molar-refractivity contribution in [2.45, 2.75) is 6.92 Å². The van der Waals surface area contributed by atoms with Gasteiger partial charge in [0.05, 0.1) is 21.4 Å². The SMILES string of the molecule is Cc1nn(C)c(C(=O)Nc2cc(Cl)c(F)c(Cl)c2)c1N. The van der Waals surface area contributed by atoms with E-state index in [1.807, 2.05) is 0 Å². The van der Waals surface area contributed by atoms with Gasteiger partial charge in [0.15, 0.2) is 5.82 Å². The number of rotatable bonds is 2. The van der Waals surface area contributed by atoms with Crippen LogP contribution in [-0.4, -0.2) is 15.7 Å². The van der Waals surface area contributed by atoms with Gasteiger partial charge in [0, 0.05) is 12.7 Å². The molecule has 106 valence electrons. The molecule has 20 heavy (non-hydrogen) atoms. The van der Waals surface area contributed by atoms with Crippen LogP contribution in [0.4, 0.5) is 15.8 Å². The second kappa shape index (κ2) is 5.30. The molecule has 0 aliphatic carbocycles. The number of nitrogen functional groups attached to an aromatic ring is 1. The lowest BCUT2D eigenvalue weighted by molar-refractivity contribution is 0.101. The van der Waals surface area contributed by atoms with Crippen molar-refractivity contribution in [2.24, 2.45) is 7.05 Å². The molecule has 0 aliphatic rings. The number of carbonyl (C=O) groups is 1. The van der Waals surface area contributed by atoms with Crippen molar-refractivity contribution in [1.82, 2.24) is 9.78 Å². The second-order valence-corrected chi connectivity index (χ2v) is 4.99. The number of hydrogen-bond acceptors (Lipinski definition) is 3. The Morgan fingerprint density at radius 1 is 1.40 bits per heavy atom. The Balaban J connectivity index is 2.33. The Bertz CT molecular complexity index is 676. The Labute approximate surface area is 124 Å². The molecule has 0 spiro atoms. The highest BCUT2D eigenvalue weighted by atomic mass is 35.5. The molecule has 0 saturated heterocycles. The van der Waals surface area contributed by atoms with E-state index >= 15 is 0 Å². The van der Waals surface area contributed by atoms with Gasteiger partial charge in [-0.3, -0.25) is 9.48 Å². The Morgan fingerprint density at radius 3 is 2.40 bits per heavy atom. The van der Waals surface area contributed by atoms with Crippen molar-refractivity contribution in [3.63, 3.8) is 0 Å². The summed E-state index contributed by atoms with van der Waals surface area (Å²) in [5.41, 5.74) is 7.09. The predicted octanol–water partition coefficient (Wildman–Crippen LogP) is 3.01. The van der Waals surface area contributed by atoms with Crippen LogP contribution in [0.3, 0.4) is 0 Å². The van der Waals surface area contributed by atoms with Crippen molar-refractivity contribution < 1.29 is 9.18 Å². The first kappa shape index (κ1) is 14.6. The fourth-order valence-corrected chi connectivity index (χ4v) is 2.25. The maximum absolute atomic E-state index is 13.3. The van der Waals surface area contributed by atoms with Gasteiger partial charge in [0.25, 0.3) is 5.91 Å². The summed E-state index contributed by atoms with van der Waals surface area (Å²) in [5.74, 6) is -1.22. The van der Waals surface area contributed by atoms with Crippen molar-refractivity contribution in [2.75, 3.05) is 11.1 Å². The van der Waals surface area contributed by atoms with E-state index in [4.69, 9.17) is 28.9 Å². The Hall–Kier alpha value is -1.79. The minimum absolute atomic E-state index is 0.179. The third kappa shape index (κ3) is 2.57. The van der Waals surface area contributed by atoms with Crippen LogP contribution in [0.5, 0.6) is 0 Å². The van der Waals surface area contributed by atoms with E-state index < -0.39 is 11.7 Å². The number of carbonyl (C=O) groups excluding carboxylic acids is 1. The van der Waals surface area contributed by atoms with Gasteiger partial charge >= 0.3 is 0 Å². The molecule has 1 amide bonds. The number of nitrogens with zero attached hydrogens (tertiary/aromatic N) is 2. The van der Waals surface area contributed by atoms with Gasteiger partial charge in [-0.2, -0.15) is 5.10 Å². The van der Waals surface area contributed by atoms with Crippen molar-refractivity contribution in [3.8, 4) is 0 Å². The fraction of sp³-hybridized carbons (Fsp3) is 0.167. The molecule has 3 N–H and O–H groups in total. The van der Waals surface area contributed by atoms with Crippen LogP contribution in [0.2, 0.25) is 10.0 Å². The van der Waals surface area contributed by atoms with E-state index in [1.165, 1.54) is 16.8 Å². The number of anilines is 2. The standard InChI is InChI=1S/C12H11Cl2FN4O/c1-5-10(16)11(19(2)18-5)12(20)17-6-3-7(13)9(15)8(14)4-6/h3-4H,16H2,1-2H3,(H,17,20). The van der Waals surface area contributed by atoms with Gasteiger partial charge in [-0.25, -0.2) is 4.39 Å². The van der Waals surface area contributed by atoms with E-state index in [0.717, 1.165) is 0 Å². The number of benzene rings is 1. The van der Waals surface area contributed by atoms with Gasteiger partial charge in [0.1, 0.15) is 5.69 Å². The van der Waals surface area contributed by atoms with E-state index in [0.29, 0.717) is 5.69 Å². The summed E-state index contributed by atoms with van der Waals surface area (Å²) in [5, 5.41) is 6.23. The predicted molar refractivity (Wildman–Crippen MR) is 76.7 cm³/mol. The van der Waals surface area contributed by atoms with Crippen LogP contribution >= 0.6 is 23.2 Å². The molecule has 8 heteroatoms. The molecule has 0 radical (unpaired) electrons. The summed E-state index contributed by atoms with van der Waals surface area (Å²) >= 11 is 11.3. The van der Waals surface area contributed by atoms with E-state index in [1.54, 1.807) is 14.0 Å². The first-order valence-corrected chi connectivity index (χ1v) is 6.31. The number of amides is 1. The van der Waals surface area contributed by atoms with E-state index in [2.05, 4.69) is 10.4 Å². The number of nitrogens with two attached hydrogens (primary N) is 1. The lowest BCUT2D eigenvalue weighted by atomic mass is 10.2. The summed E-state index contributed by atoms with van der Waals surface area (Å²) in [6.45, 7) is 1.69. The highest BCUT2D eigenvalue weighted by molar-refractivity contribution is 6.35. The first-order chi connectivity index (χ1) is 9.31. The number of aryl methyl sites for hydroxylation is 2. The van der Waals surface area contributed by atoms with Crippen LogP contribution in [0.1, 0.15) is 16.2 Å². The van der Waals surface area contributed by atoms with Gasteiger partial charge < -0.3 is 11.1 Å². The lowest BCUT2D eigenvalue weighted by Gasteiger charge is -2.08. The minimum atomic E-state index is -0.734. The molecule has 0 atom stereocenters. The number of nitrogens with one attached hydrogen (secondary N) is 1. The van der Waals surface area contributed by atoms with Gasteiger partial charge in [-0.15, -0.1) is 0 Å². The molecule has 2 aromatic rings. The maximum Gasteiger partial charge on any atom is 0.276 e. The zero-order valence-electron chi connectivity index (χ0n) is 10.7. The zero-order chi connectivity index (χ0) is 15.0. The second-order valence-electron chi connectivity index (χ2n) is 4.18. The molecule has 0 aliphatic heterocycles. The minimum Gasteiger partial charge on any atom is -0.395 e. The van der Waals surface area contributed by atoms with Gasteiger partial charge in [0.2, 0.25) is 0 Å². The summed E-state index contributed by atoms with van der Waals surface area (Å²) in [7, 11) is 1.60. The van der Waals surface area contributed by atoms with Crippen LogP contribution in [-0.2, 0) is 7.05 Å². The summed E-state index contributed by atoms with van der Waals surface area (Å²) in [4.78, 5) is 12.1. The molecular formula is C12H11Cl2FN4O. The van der Waals surface area contributed by atoms with Gasteiger partial charge in [-0.1, -0.05) is 23.2 Å². The average molecular weight is 317 g/mol. The van der Waals surface area contributed by atoms with Crippen molar-refractivity contribution in [3.05, 3.63) is 39.4 Å². The number of halogens is 3. The van der Waals surface area contributed by atoms with Crippen LogP contribution < -0.4 is 11.1 Å². The quantitative estimate of drug-likeness (QED) is 0.836. The smallest absolute Gasteiger partial charge is 0.276 e. The highest BCUT2D eigenvalue weighted by Gasteiger charge is 2.19. The van der Waals surface area contributed by atoms with Crippen LogP contribution in [0.15, 0.2) is 12.1 Å². The molecule has 0 fully saturated rings. The summed E-state index contributed by atoms with van der Waals surface area (Å²) in [6.07, 6.45) is 0. The molecule has 0 saturated carbocycles. The number of aromatic nitrogens is 2. The van der Waals surface area contributed by atoms with Crippen LogP contribution in [0.25, 0.3) is 0 Å². The summed E-state index contributed by atoms with van der Waals surface area (Å²) in [6, 6.07) is 2.53. The molecule has 1 aromatic carbocycles. The topological polar surface area (TPSA) is 72.9 Å². The summed E-state index contributed by atoms with van der Waals surface area (Å²) < 4.78 is 14.7. The molecular weight excluding hydrogens is 306 g/mol. The van der Waals surface area contributed by atoms with Crippen molar-refractivity contribution in [1.29, 1.82) is 0 Å².